The lowest BCUT2D eigenvalue weighted by Crippen LogP contribution is -2.08. The Morgan fingerprint density at radius 1 is 1.46 bits per heavy atom. The minimum absolute atomic E-state index is 0.259. The van der Waals surface area contributed by atoms with Crippen molar-refractivity contribution >= 4 is 13.7 Å². The Morgan fingerprint density at radius 2 is 2.08 bits per heavy atom. The van der Waals surface area contributed by atoms with Crippen molar-refractivity contribution in [2.45, 2.75) is 33.1 Å². The molecule has 0 radical (unpaired) electrons. The maximum Gasteiger partial charge on any atom is 0.458 e. The first kappa shape index (κ1) is 12.6. The molecular weight excluding hydrogens is 193 g/mol. The maximum atomic E-state index is 11.1. The first-order chi connectivity index (χ1) is 5.98. The molecule has 13 heavy (non-hydrogen) atoms. The van der Waals surface area contributed by atoms with Crippen LogP contribution in [0.25, 0.3) is 0 Å². The number of rotatable bonds is 6. The van der Waals surface area contributed by atoms with Crippen molar-refractivity contribution < 1.29 is 18.4 Å². The van der Waals surface area contributed by atoms with Gasteiger partial charge in [0.25, 0.3) is 0 Å². The lowest BCUT2D eigenvalue weighted by molar-refractivity contribution is -0.132. The summed E-state index contributed by atoms with van der Waals surface area (Å²) >= 11 is 0. The van der Waals surface area contributed by atoms with E-state index >= 15 is 0 Å². The maximum absolute atomic E-state index is 11.1. The summed E-state index contributed by atoms with van der Waals surface area (Å²) in [4.78, 5) is 10.4. The highest BCUT2D eigenvalue weighted by molar-refractivity contribution is 7.51. The Morgan fingerprint density at radius 3 is 2.54 bits per heavy atom. The molecule has 5 nitrogen and oxygen atoms in total. The van der Waals surface area contributed by atoms with Crippen molar-refractivity contribution in [2.75, 3.05) is 6.61 Å². The highest BCUT2D eigenvalue weighted by Gasteiger charge is 2.20. The van der Waals surface area contributed by atoms with Crippen LogP contribution in [0, 0.1) is 0 Å². The second-order valence-corrected chi connectivity index (χ2v) is 4.18. The van der Waals surface area contributed by atoms with Crippen LogP contribution in [-0.2, 0) is 18.4 Å². The summed E-state index contributed by atoms with van der Waals surface area (Å²) in [7, 11) is -3.64. The molecule has 6 heteroatoms. The average molecular weight is 209 g/mol. The molecule has 0 saturated heterocycles. The molecule has 0 fully saturated rings. The SMILES string of the molecule is CCCCCOP(N)(=O)OC(C)=O. The zero-order chi connectivity index (χ0) is 10.3. The zero-order valence-electron chi connectivity index (χ0n) is 7.99. The van der Waals surface area contributed by atoms with Gasteiger partial charge in [-0.25, -0.2) is 10.1 Å². The summed E-state index contributed by atoms with van der Waals surface area (Å²) in [5, 5.41) is 0. The molecule has 0 amide bonds. The summed E-state index contributed by atoms with van der Waals surface area (Å²) in [6, 6.07) is 0. The molecule has 0 aliphatic heterocycles. The van der Waals surface area contributed by atoms with E-state index in [0.29, 0.717) is 0 Å². The van der Waals surface area contributed by atoms with E-state index in [4.69, 9.17) is 10.0 Å². The molecule has 1 atom stereocenters. The fraction of sp³-hybridized carbons (Fsp3) is 0.857. The van der Waals surface area contributed by atoms with Crippen molar-refractivity contribution in [3.05, 3.63) is 0 Å². The van der Waals surface area contributed by atoms with Crippen LogP contribution in [0.4, 0.5) is 0 Å². The largest absolute Gasteiger partial charge is 0.458 e. The molecule has 0 aromatic rings. The van der Waals surface area contributed by atoms with E-state index in [0.717, 1.165) is 26.2 Å². The van der Waals surface area contributed by atoms with Gasteiger partial charge >= 0.3 is 13.7 Å². The van der Waals surface area contributed by atoms with Crippen LogP contribution in [0.3, 0.4) is 0 Å². The molecule has 0 rings (SSSR count). The first-order valence-corrected chi connectivity index (χ1v) is 5.82. The van der Waals surface area contributed by atoms with Crippen LogP contribution in [0.2, 0.25) is 0 Å². The molecule has 0 aromatic heterocycles. The number of hydrogen-bond acceptors (Lipinski definition) is 4. The van der Waals surface area contributed by atoms with Gasteiger partial charge < -0.3 is 4.52 Å². The lowest BCUT2D eigenvalue weighted by Gasteiger charge is -2.11. The third-order valence-electron chi connectivity index (χ3n) is 1.27. The average Bonchev–Trinajstić information content (AvgIpc) is 1.95. The summed E-state index contributed by atoms with van der Waals surface area (Å²) < 4.78 is 20.1. The number of carbonyl (C=O) groups is 1. The van der Waals surface area contributed by atoms with Gasteiger partial charge in [-0.2, -0.15) is 0 Å². The van der Waals surface area contributed by atoms with Gasteiger partial charge in [0.1, 0.15) is 0 Å². The Bertz CT molecular complexity index is 207. The highest BCUT2D eigenvalue weighted by atomic mass is 31.2. The van der Waals surface area contributed by atoms with Crippen LogP contribution in [0.5, 0.6) is 0 Å². The Balaban J connectivity index is 3.63. The molecule has 0 aliphatic rings. The topological polar surface area (TPSA) is 78.6 Å². The third kappa shape index (κ3) is 7.96. The molecule has 0 heterocycles. The summed E-state index contributed by atoms with van der Waals surface area (Å²) in [5.41, 5.74) is 5.09. The molecule has 78 valence electrons. The summed E-state index contributed by atoms with van der Waals surface area (Å²) in [5.74, 6) is -0.693. The van der Waals surface area contributed by atoms with Crippen molar-refractivity contribution in [1.29, 1.82) is 0 Å². The molecule has 1 unspecified atom stereocenters. The molecule has 0 saturated carbocycles. The van der Waals surface area contributed by atoms with E-state index < -0.39 is 13.7 Å². The minimum atomic E-state index is -3.64. The predicted octanol–water partition coefficient (Wildman–Crippen LogP) is 1.82. The van der Waals surface area contributed by atoms with Gasteiger partial charge in [0, 0.05) is 6.92 Å². The monoisotopic (exact) mass is 209 g/mol. The van der Waals surface area contributed by atoms with Gasteiger partial charge in [0.05, 0.1) is 6.61 Å². The van der Waals surface area contributed by atoms with Gasteiger partial charge in [0.15, 0.2) is 0 Å². The number of nitrogens with two attached hydrogens (primary N) is 1. The number of unbranched alkanes of at least 4 members (excludes halogenated alkanes) is 2. The molecule has 0 aromatic carbocycles. The van der Waals surface area contributed by atoms with Crippen LogP contribution in [0.15, 0.2) is 0 Å². The number of hydrogen-bond donors (Lipinski definition) is 1. The van der Waals surface area contributed by atoms with Crippen molar-refractivity contribution in [1.82, 2.24) is 0 Å². The summed E-state index contributed by atoms with van der Waals surface area (Å²) in [6.45, 7) is 3.43. The Hall–Kier alpha value is -0.380. The van der Waals surface area contributed by atoms with Crippen molar-refractivity contribution in [2.24, 2.45) is 5.50 Å². The van der Waals surface area contributed by atoms with Gasteiger partial charge in [-0.1, -0.05) is 19.8 Å². The second-order valence-electron chi connectivity index (χ2n) is 2.66. The fourth-order valence-electron chi connectivity index (χ4n) is 0.749. The van der Waals surface area contributed by atoms with Gasteiger partial charge in [-0.15, -0.1) is 0 Å². The van der Waals surface area contributed by atoms with Gasteiger partial charge in [0.2, 0.25) is 0 Å². The molecular formula is C7H16NO4P. The predicted molar refractivity (Wildman–Crippen MR) is 49.0 cm³/mol. The minimum Gasteiger partial charge on any atom is -0.380 e. The zero-order valence-corrected chi connectivity index (χ0v) is 8.88. The molecule has 0 bridgehead atoms. The highest BCUT2D eigenvalue weighted by Crippen LogP contribution is 2.39. The van der Waals surface area contributed by atoms with Crippen molar-refractivity contribution in [3.8, 4) is 0 Å². The van der Waals surface area contributed by atoms with Crippen LogP contribution >= 0.6 is 7.75 Å². The van der Waals surface area contributed by atoms with Crippen LogP contribution < -0.4 is 5.50 Å². The van der Waals surface area contributed by atoms with E-state index in [1.54, 1.807) is 0 Å². The number of carbonyl (C=O) groups excluding carboxylic acids is 1. The van der Waals surface area contributed by atoms with Gasteiger partial charge in [-0.3, -0.25) is 9.32 Å². The smallest absolute Gasteiger partial charge is 0.380 e. The first-order valence-electron chi connectivity index (χ1n) is 4.21. The van der Waals surface area contributed by atoms with Crippen molar-refractivity contribution in [3.63, 3.8) is 0 Å². The third-order valence-corrected chi connectivity index (χ3v) is 2.33. The van der Waals surface area contributed by atoms with E-state index in [1.807, 2.05) is 6.92 Å². The van der Waals surface area contributed by atoms with Crippen LogP contribution in [0.1, 0.15) is 33.1 Å². The quantitative estimate of drug-likeness (QED) is 0.533. The van der Waals surface area contributed by atoms with Gasteiger partial charge in [-0.05, 0) is 6.42 Å². The molecule has 0 spiro atoms. The fourth-order valence-corrected chi connectivity index (χ4v) is 1.54. The molecule has 2 N–H and O–H groups in total. The molecule has 0 aliphatic carbocycles. The van der Waals surface area contributed by atoms with E-state index in [1.165, 1.54) is 0 Å². The standard InChI is InChI=1S/C7H16NO4P/c1-3-4-5-6-11-13(8,10)12-7(2)9/h3-6H2,1-2H3,(H2,8,10). The summed E-state index contributed by atoms with van der Waals surface area (Å²) in [6.07, 6.45) is 2.77. The van der Waals surface area contributed by atoms with E-state index in [2.05, 4.69) is 4.52 Å². The lowest BCUT2D eigenvalue weighted by atomic mass is 10.3. The van der Waals surface area contributed by atoms with Crippen LogP contribution in [-0.4, -0.2) is 12.6 Å². The van der Waals surface area contributed by atoms with E-state index in [9.17, 15) is 9.36 Å². The Labute approximate surface area is 78.2 Å². The van der Waals surface area contributed by atoms with E-state index in [-0.39, 0.29) is 6.61 Å². The Kier molecular flexibility index (Phi) is 5.95. The second kappa shape index (κ2) is 6.13. The normalized spacial score (nSPS) is 15.0.